The van der Waals surface area contributed by atoms with Crippen LogP contribution < -0.4 is 5.32 Å². The van der Waals surface area contributed by atoms with Gasteiger partial charge in [0, 0.05) is 18.7 Å². The molecule has 7 heteroatoms. The lowest BCUT2D eigenvalue weighted by Gasteiger charge is -2.19. The van der Waals surface area contributed by atoms with E-state index in [9.17, 15) is 18.3 Å². The van der Waals surface area contributed by atoms with Crippen LogP contribution in [0, 0.1) is 0 Å². The Morgan fingerprint density at radius 1 is 0.964 bits per heavy atom. The van der Waals surface area contributed by atoms with Gasteiger partial charge in [-0.05, 0) is 41.1 Å². The van der Waals surface area contributed by atoms with Crippen LogP contribution >= 0.6 is 0 Å². The molecule has 0 aliphatic heterocycles. The number of phenols is 1. The van der Waals surface area contributed by atoms with Crippen molar-refractivity contribution < 1.29 is 18.3 Å². The normalized spacial score (nSPS) is 11.7. The van der Waals surface area contributed by atoms with Gasteiger partial charge in [-0.1, -0.05) is 44.2 Å². The zero-order valence-electron chi connectivity index (χ0n) is 15.7. The van der Waals surface area contributed by atoms with Crippen LogP contribution in [0.3, 0.4) is 0 Å². The van der Waals surface area contributed by atoms with Gasteiger partial charge in [0.1, 0.15) is 5.75 Å². The van der Waals surface area contributed by atoms with Gasteiger partial charge in [-0.2, -0.15) is 4.31 Å². The van der Waals surface area contributed by atoms with Gasteiger partial charge in [-0.25, -0.2) is 8.42 Å². The summed E-state index contributed by atoms with van der Waals surface area (Å²) in [5, 5.41) is 14.6. The maximum absolute atomic E-state index is 12.7. The molecule has 0 fully saturated rings. The molecule has 0 aromatic heterocycles. The summed E-state index contributed by atoms with van der Waals surface area (Å²) in [7, 11) is -3.70. The fraction of sp³-hybridized carbons (Fsp3) is 0.190. The number of hydrogen-bond acceptors (Lipinski definition) is 4. The molecule has 0 radical (unpaired) electrons. The van der Waals surface area contributed by atoms with Crippen molar-refractivity contribution >= 4 is 32.4 Å². The molecule has 3 aromatic carbocycles. The highest BCUT2D eigenvalue weighted by Gasteiger charge is 2.23. The highest BCUT2D eigenvalue weighted by atomic mass is 32.2. The van der Waals surface area contributed by atoms with Crippen molar-refractivity contribution in [2.24, 2.45) is 0 Å². The van der Waals surface area contributed by atoms with Crippen LogP contribution in [0.4, 0.5) is 5.69 Å². The first-order valence-corrected chi connectivity index (χ1v) is 10.4. The maximum atomic E-state index is 12.7. The van der Waals surface area contributed by atoms with Gasteiger partial charge >= 0.3 is 0 Å². The number of fused-ring (bicyclic) bond motifs is 1. The number of hydrogen-bond donors (Lipinski definition) is 2. The van der Waals surface area contributed by atoms with Gasteiger partial charge in [0.05, 0.1) is 10.6 Å². The molecule has 1 amide bonds. The molecule has 2 N–H and O–H groups in total. The average molecular weight is 398 g/mol. The number of sulfonamides is 1. The smallest absolute Gasteiger partial charge is 0.255 e. The Balaban J connectivity index is 1.92. The summed E-state index contributed by atoms with van der Waals surface area (Å²) < 4.78 is 26.7. The van der Waals surface area contributed by atoms with E-state index in [1.54, 1.807) is 26.0 Å². The van der Waals surface area contributed by atoms with E-state index in [2.05, 4.69) is 5.32 Å². The summed E-state index contributed by atoms with van der Waals surface area (Å²) in [4.78, 5) is 12.7. The van der Waals surface area contributed by atoms with Crippen molar-refractivity contribution in [3.05, 3.63) is 66.2 Å². The largest absolute Gasteiger partial charge is 0.506 e. The molecule has 3 rings (SSSR count). The molecule has 0 aliphatic carbocycles. The molecule has 146 valence electrons. The molecule has 3 aromatic rings. The summed E-state index contributed by atoms with van der Waals surface area (Å²) in [6.07, 6.45) is 0. The van der Waals surface area contributed by atoms with Crippen molar-refractivity contribution in [2.75, 3.05) is 18.4 Å². The molecule has 0 heterocycles. The Morgan fingerprint density at radius 3 is 2.32 bits per heavy atom. The Morgan fingerprint density at radius 2 is 1.64 bits per heavy atom. The van der Waals surface area contributed by atoms with Crippen molar-refractivity contribution in [3.63, 3.8) is 0 Å². The first-order chi connectivity index (χ1) is 13.4. The first kappa shape index (κ1) is 19.9. The zero-order valence-corrected chi connectivity index (χ0v) is 16.5. The summed E-state index contributed by atoms with van der Waals surface area (Å²) in [5.74, 6) is -0.633. The zero-order chi connectivity index (χ0) is 20.3. The van der Waals surface area contributed by atoms with E-state index in [1.807, 2.05) is 30.3 Å². The molecular formula is C21H22N2O4S. The number of benzene rings is 3. The van der Waals surface area contributed by atoms with Gasteiger partial charge in [0.25, 0.3) is 5.91 Å². The van der Waals surface area contributed by atoms with Crippen LogP contribution in [0.25, 0.3) is 10.8 Å². The van der Waals surface area contributed by atoms with Gasteiger partial charge < -0.3 is 10.4 Å². The summed E-state index contributed by atoms with van der Waals surface area (Å²) >= 11 is 0. The number of carbonyl (C=O) groups is 1. The minimum Gasteiger partial charge on any atom is -0.506 e. The molecule has 0 atom stereocenters. The van der Waals surface area contributed by atoms with E-state index in [0.717, 1.165) is 10.8 Å². The first-order valence-electron chi connectivity index (χ1n) is 9.00. The van der Waals surface area contributed by atoms with Crippen molar-refractivity contribution in [2.45, 2.75) is 18.7 Å². The van der Waals surface area contributed by atoms with Crippen LogP contribution in [0.2, 0.25) is 0 Å². The number of rotatable bonds is 6. The van der Waals surface area contributed by atoms with Gasteiger partial charge in [0.15, 0.2) is 0 Å². The number of phenolic OH excluding ortho intramolecular Hbond substituents is 1. The number of anilines is 1. The Kier molecular flexibility index (Phi) is 5.67. The van der Waals surface area contributed by atoms with Gasteiger partial charge in [-0.15, -0.1) is 0 Å². The number of aromatic hydroxyl groups is 1. The van der Waals surface area contributed by atoms with E-state index < -0.39 is 15.9 Å². The van der Waals surface area contributed by atoms with E-state index in [0.29, 0.717) is 18.7 Å². The van der Waals surface area contributed by atoms with Crippen molar-refractivity contribution in [1.82, 2.24) is 4.31 Å². The third-order valence-electron chi connectivity index (χ3n) is 4.57. The lowest BCUT2D eigenvalue weighted by molar-refractivity contribution is 0.102. The standard InChI is InChI=1S/C21H22N2O4S/c1-3-23(4-2)28(26,27)18-11-12-20(24)19(14-18)22-21(25)17-10-9-15-7-5-6-8-16(15)13-17/h5-14,24H,3-4H2,1-2H3,(H,22,25). The molecule has 0 aliphatic rings. The number of carbonyl (C=O) groups excluding carboxylic acids is 1. The quantitative estimate of drug-likeness (QED) is 0.618. The Bertz CT molecular complexity index is 1120. The average Bonchev–Trinajstić information content (AvgIpc) is 2.69. The number of amides is 1. The minimum absolute atomic E-state index is 0.0165. The fourth-order valence-corrected chi connectivity index (χ4v) is 4.50. The number of nitrogens with zero attached hydrogens (tertiary/aromatic N) is 1. The molecule has 0 saturated heterocycles. The van der Waals surface area contributed by atoms with Gasteiger partial charge in [-0.3, -0.25) is 4.79 Å². The second kappa shape index (κ2) is 8.00. The van der Waals surface area contributed by atoms with Crippen LogP contribution in [-0.4, -0.2) is 36.8 Å². The van der Waals surface area contributed by atoms with Gasteiger partial charge in [0.2, 0.25) is 10.0 Å². The predicted molar refractivity (Wildman–Crippen MR) is 110 cm³/mol. The molecule has 28 heavy (non-hydrogen) atoms. The van der Waals surface area contributed by atoms with Crippen LogP contribution in [-0.2, 0) is 10.0 Å². The SMILES string of the molecule is CCN(CC)S(=O)(=O)c1ccc(O)c(NC(=O)c2ccc3ccccc3c2)c1. The molecule has 6 nitrogen and oxygen atoms in total. The lowest BCUT2D eigenvalue weighted by Crippen LogP contribution is -2.30. The lowest BCUT2D eigenvalue weighted by atomic mass is 10.1. The highest BCUT2D eigenvalue weighted by molar-refractivity contribution is 7.89. The Labute approximate surface area is 164 Å². The highest BCUT2D eigenvalue weighted by Crippen LogP contribution is 2.28. The number of nitrogens with one attached hydrogen (secondary N) is 1. The summed E-state index contributed by atoms with van der Waals surface area (Å²) in [6, 6.07) is 16.8. The molecule has 0 saturated carbocycles. The molecule has 0 unspecified atom stereocenters. The summed E-state index contributed by atoms with van der Waals surface area (Å²) in [5.41, 5.74) is 0.460. The van der Waals surface area contributed by atoms with E-state index in [-0.39, 0.29) is 16.3 Å². The van der Waals surface area contributed by atoms with Crippen LogP contribution in [0.15, 0.2) is 65.6 Å². The monoisotopic (exact) mass is 398 g/mol. The van der Waals surface area contributed by atoms with Crippen LogP contribution in [0.1, 0.15) is 24.2 Å². The third-order valence-corrected chi connectivity index (χ3v) is 6.62. The van der Waals surface area contributed by atoms with Crippen molar-refractivity contribution in [1.29, 1.82) is 0 Å². The van der Waals surface area contributed by atoms with E-state index in [1.165, 1.54) is 22.5 Å². The molecule has 0 bridgehead atoms. The second-order valence-corrected chi connectivity index (χ2v) is 8.22. The molecular weight excluding hydrogens is 376 g/mol. The summed E-state index contributed by atoms with van der Waals surface area (Å²) in [6.45, 7) is 4.17. The topological polar surface area (TPSA) is 86.7 Å². The minimum atomic E-state index is -3.70. The van der Waals surface area contributed by atoms with Crippen molar-refractivity contribution in [3.8, 4) is 5.75 Å². The Hall–Kier alpha value is -2.90. The van der Waals surface area contributed by atoms with E-state index >= 15 is 0 Å². The van der Waals surface area contributed by atoms with Crippen LogP contribution in [0.5, 0.6) is 5.75 Å². The fourth-order valence-electron chi connectivity index (χ4n) is 3.01. The third kappa shape index (κ3) is 3.85. The van der Waals surface area contributed by atoms with E-state index in [4.69, 9.17) is 0 Å². The predicted octanol–water partition coefficient (Wildman–Crippen LogP) is 3.83. The molecule has 0 spiro atoms. The second-order valence-electron chi connectivity index (χ2n) is 6.28. The maximum Gasteiger partial charge on any atom is 0.255 e.